The molecule has 0 aromatic heterocycles. The summed E-state index contributed by atoms with van der Waals surface area (Å²) >= 11 is 0. The largest absolute Gasteiger partial charge is 0.395 e. The molecule has 2 heterocycles. The maximum atomic E-state index is 13.5. The topological polar surface area (TPSA) is 61.8 Å². The molecule has 2 aromatic carbocycles. The molecule has 2 aliphatic rings. The van der Waals surface area contributed by atoms with E-state index < -0.39 is 6.10 Å². The van der Waals surface area contributed by atoms with Crippen LogP contribution in [0, 0.1) is 5.82 Å². The SMILES string of the molecule is O=C([C@H]1C[C@@H](NCCO)CO1)N1CCc2ccccc2[C@@H]1c1ccc(F)cc1. The van der Waals surface area contributed by atoms with Crippen molar-refractivity contribution in [1.29, 1.82) is 0 Å². The summed E-state index contributed by atoms with van der Waals surface area (Å²) in [4.78, 5) is 15.2. The Hall–Kier alpha value is -2.28. The molecule has 0 bridgehead atoms. The first-order valence-corrected chi connectivity index (χ1v) is 9.77. The van der Waals surface area contributed by atoms with Gasteiger partial charge in [0.15, 0.2) is 0 Å². The molecule has 2 aromatic rings. The van der Waals surface area contributed by atoms with Crippen molar-refractivity contribution in [3.8, 4) is 0 Å². The second kappa shape index (κ2) is 8.39. The normalized spacial score (nSPS) is 24.2. The maximum Gasteiger partial charge on any atom is 0.252 e. The fraction of sp³-hybridized carbons (Fsp3) is 0.409. The number of hydrogen-bond donors (Lipinski definition) is 2. The Labute approximate surface area is 164 Å². The number of carbonyl (C=O) groups excluding carboxylic acids is 1. The molecule has 6 heteroatoms. The molecule has 4 rings (SSSR count). The Morgan fingerprint density at radius 1 is 1.21 bits per heavy atom. The lowest BCUT2D eigenvalue weighted by Crippen LogP contribution is -2.45. The first kappa shape index (κ1) is 19.1. The monoisotopic (exact) mass is 384 g/mol. The maximum absolute atomic E-state index is 13.5. The quantitative estimate of drug-likeness (QED) is 0.828. The van der Waals surface area contributed by atoms with Gasteiger partial charge in [-0.25, -0.2) is 4.39 Å². The van der Waals surface area contributed by atoms with Gasteiger partial charge in [0, 0.05) is 25.6 Å². The summed E-state index contributed by atoms with van der Waals surface area (Å²) in [5.41, 5.74) is 3.20. The van der Waals surface area contributed by atoms with Crippen molar-refractivity contribution in [2.45, 2.75) is 31.0 Å². The lowest BCUT2D eigenvalue weighted by atomic mass is 9.87. The van der Waals surface area contributed by atoms with Crippen LogP contribution in [0.5, 0.6) is 0 Å². The van der Waals surface area contributed by atoms with Crippen LogP contribution in [0.4, 0.5) is 4.39 Å². The van der Waals surface area contributed by atoms with E-state index in [1.165, 1.54) is 17.7 Å². The van der Waals surface area contributed by atoms with Crippen LogP contribution in [0.2, 0.25) is 0 Å². The minimum atomic E-state index is -0.496. The Kier molecular flexibility index (Phi) is 5.71. The highest BCUT2D eigenvalue weighted by molar-refractivity contribution is 5.82. The number of ether oxygens (including phenoxy) is 1. The Morgan fingerprint density at radius 3 is 2.79 bits per heavy atom. The van der Waals surface area contributed by atoms with Crippen LogP contribution < -0.4 is 5.32 Å². The van der Waals surface area contributed by atoms with Gasteiger partial charge in [0.05, 0.1) is 19.3 Å². The molecule has 28 heavy (non-hydrogen) atoms. The summed E-state index contributed by atoms with van der Waals surface area (Å²) < 4.78 is 19.2. The molecule has 1 amide bonds. The van der Waals surface area contributed by atoms with E-state index in [-0.39, 0.29) is 30.4 Å². The molecule has 148 valence electrons. The van der Waals surface area contributed by atoms with Gasteiger partial charge in [0.1, 0.15) is 11.9 Å². The number of carbonyl (C=O) groups is 1. The molecule has 5 nitrogen and oxygen atoms in total. The van der Waals surface area contributed by atoms with Crippen molar-refractivity contribution in [2.75, 3.05) is 26.3 Å². The van der Waals surface area contributed by atoms with Crippen LogP contribution >= 0.6 is 0 Å². The number of aliphatic hydroxyl groups excluding tert-OH is 1. The summed E-state index contributed by atoms with van der Waals surface area (Å²) in [5, 5.41) is 12.2. The van der Waals surface area contributed by atoms with Crippen LogP contribution in [-0.2, 0) is 16.0 Å². The van der Waals surface area contributed by atoms with Gasteiger partial charge >= 0.3 is 0 Å². The third-order valence-corrected chi connectivity index (χ3v) is 5.57. The van der Waals surface area contributed by atoms with Crippen LogP contribution in [0.3, 0.4) is 0 Å². The number of hydrogen-bond acceptors (Lipinski definition) is 4. The highest BCUT2D eigenvalue weighted by Crippen LogP contribution is 2.36. The second-order valence-electron chi connectivity index (χ2n) is 7.37. The van der Waals surface area contributed by atoms with Crippen molar-refractivity contribution in [1.82, 2.24) is 10.2 Å². The molecule has 3 atom stereocenters. The Balaban J connectivity index is 1.60. The summed E-state index contributed by atoms with van der Waals surface area (Å²) in [6.07, 6.45) is 0.885. The predicted molar refractivity (Wildman–Crippen MR) is 103 cm³/mol. The summed E-state index contributed by atoms with van der Waals surface area (Å²) in [6.45, 7) is 1.61. The molecular formula is C22H25FN2O3. The number of nitrogens with one attached hydrogen (secondary N) is 1. The average molecular weight is 384 g/mol. The zero-order valence-corrected chi connectivity index (χ0v) is 15.7. The highest BCUT2D eigenvalue weighted by atomic mass is 19.1. The van der Waals surface area contributed by atoms with Crippen LogP contribution in [0.15, 0.2) is 48.5 Å². The van der Waals surface area contributed by atoms with Gasteiger partial charge in [0.2, 0.25) is 0 Å². The van der Waals surface area contributed by atoms with Gasteiger partial charge in [0.25, 0.3) is 5.91 Å². The van der Waals surface area contributed by atoms with E-state index >= 15 is 0 Å². The van der Waals surface area contributed by atoms with Crippen molar-refractivity contribution in [3.63, 3.8) is 0 Å². The van der Waals surface area contributed by atoms with Crippen LogP contribution in [0.25, 0.3) is 0 Å². The molecule has 0 saturated carbocycles. The van der Waals surface area contributed by atoms with E-state index in [0.717, 1.165) is 17.5 Å². The standard InChI is InChI=1S/C22H25FN2O3/c23-17-7-5-16(6-8-17)21-19-4-2-1-3-15(19)9-11-25(21)22(27)20-13-18(14-28-20)24-10-12-26/h1-8,18,20-21,24,26H,9-14H2/t18-,20-,21+/m1/s1. The van der Waals surface area contributed by atoms with Crippen molar-refractivity contribution < 1.29 is 19.0 Å². The number of amides is 1. The van der Waals surface area contributed by atoms with E-state index in [2.05, 4.69) is 11.4 Å². The lowest BCUT2D eigenvalue weighted by Gasteiger charge is -2.39. The zero-order chi connectivity index (χ0) is 19.5. The smallest absolute Gasteiger partial charge is 0.252 e. The first-order chi connectivity index (χ1) is 13.7. The van der Waals surface area contributed by atoms with Crippen molar-refractivity contribution in [2.24, 2.45) is 0 Å². The number of nitrogens with zero attached hydrogens (tertiary/aromatic N) is 1. The minimum Gasteiger partial charge on any atom is -0.395 e. The fourth-order valence-corrected chi connectivity index (χ4v) is 4.20. The van der Waals surface area contributed by atoms with E-state index in [4.69, 9.17) is 9.84 Å². The third kappa shape index (κ3) is 3.81. The average Bonchev–Trinajstić information content (AvgIpc) is 3.20. The second-order valence-corrected chi connectivity index (χ2v) is 7.37. The van der Waals surface area contributed by atoms with Crippen LogP contribution in [-0.4, -0.2) is 54.4 Å². The lowest BCUT2D eigenvalue weighted by molar-refractivity contribution is -0.143. The molecule has 2 aliphatic heterocycles. The molecule has 2 N–H and O–H groups in total. The third-order valence-electron chi connectivity index (χ3n) is 5.57. The predicted octanol–water partition coefficient (Wildman–Crippen LogP) is 2.04. The Bertz CT molecular complexity index is 827. The Morgan fingerprint density at radius 2 is 2.00 bits per heavy atom. The molecule has 0 spiro atoms. The van der Waals surface area contributed by atoms with Gasteiger partial charge in [-0.2, -0.15) is 0 Å². The van der Waals surface area contributed by atoms with Gasteiger partial charge in [-0.1, -0.05) is 36.4 Å². The molecule has 1 saturated heterocycles. The molecule has 0 aliphatic carbocycles. The number of benzene rings is 2. The highest BCUT2D eigenvalue weighted by Gasteiger charge is 2.39. The summed E-state index contributed by atoms with van der Waals surface area (Å²) in [5.74, 6) is -0.320. The number of aliphatic hydroxyl groups is 1. The number of rotatable bonds is 5. The van der Waals surface area contributed by atoms with Gasteiger partial charge in [-0.15, -0.1) is 0 Å². The van der Waals surface area contributed by atoms with Crippen LogP contribution in [0.1, 0.15) is 29.2 Å². The minimum absolute atomic E-state index is 0.0304. The van der Waals surface area contributed by atoms with E-state index in [9.17, 15) is 9.18 Å². The molecular weight excluding hydrogens is 359 g/mol. The molecule has 0 radical (unpaired) electrons. The van der Waals surface area contributed by atoms with Gasteiger partial charge in [-0.3, -0.25) is 4.79 Å². The van der Waals surface area contributed by atoms with E-state index in [0.29, 0.717) is 26.1 Å². The number of fused-ring (bicyclic) bond motifs is 1. The van der Waals surface area contributed by atoms with E-state index in [1.807, 2.05) is 23.1 Å². The van der Waals surface area contributed by atoms with Gasteiger partial charge < -0.3 is 20.1 Å². The van der Waals surface area contributed by atoms with Crippen molar-refractivity contribution in [3.05, 3.63) is 71.0 Å². The van der Waals surface area contributed by atoms with Crippen molar-refractivity contribution >= 4 is 5.91 Å². The summed E-state index contributed by atoms with van der Waals surface area (Å²) in [7, 11) is 0. The molecule has 1 fully saturated rings. The van der Waals surface area contributed by atoms with Gasteiger partial charge in [-0.05, 0) is 35.2 Å². The zero-order valence-electron chi connectivity index (χ0n) is 15.7. The first-order valence-electron chi connectivity index (χ1n) is 9.77. The van der Waals surface area contributed by atoms with E-state index in [1.54, 1.807) is 12.1 Å². The number of halogens is 1. The summed E-state index contributed by atoms with van der Waals surface area (Å²) in [6, 6.07) is 14.3. The fourth-order valence-electron chi connectivity index (χ4n) is 4.20. The molecule has 0 unspecified atom stereocenters.